The zero-order chi connectivity index (χ0) is 22.2. The molecule has 2 aromatic carbocycles. The van der Waals surface area contributed by atoms with Crippen molar-refractivity contribution in [3.63, 3.8) is 0 Å². The number of nitriles is 1. The molecule has 0 radical (unpaired) electrons. The lowest BCUT2D eigenvalue weighted by atomic mass is 10.1. The van der Waals surface area contributed by atoms with Gasteiger partial charge in [-0.25, -0.2) is 4.98 Å². The van der Waals surface area contributed by atoms with Crippen LogP contribution in [-0.4, -0.2) is 14.5 Å². The Morgan fingerprint density at radius 3 is 2.48 bits per heavy atom. The Morgan fingerprint density at radius 1 is 1.06 bits per heavy atom. The number of aryl methyl sites for hydroxylation is 1. The van der Waals surface area contributed by atoms with Gasteiger partial charge in [0.2, 0.25) is 0 Å². The van der Waals surface area contributed by atoms with Crippen molar-refractivity contribution < 1.29 is 13.2 Å². The van der Waals surface area contributed by atoms with E-state index in [0.717, 1.165) is 23.4 Å². The molecular weight excluding hydrogens is 405 g/mol. The predicted octanol–water partition coefficient (Wildman–Crippen LogP) is 4.01. The van der Waals surface area contributed by atoms with E-state index >= 15 is 0 Å². The fourth-order valence-electron chi connectivity index (χ4n) is 3.81. The van der Waals surface area contributed by atoms with Gasteiger partial charge < -0.3 is 0 Å². The molecular formula is C23H19F3N4O. The van der Waals surface area contributed by atoms with Crippen molar-refractivity contribution in [2.24, 2.45) is 0 Å². The molecule has 1 aliphatic rings. The maximum atomic E-state index is 13.1. The number of rotatable bonds is 4. The Bertz CT molecular complexity index is 1220. The van der Waals surface area contributed by atoms with E-state index in [1.807, 2.05) is 18.2 Å². The lowest BCUT2D eigenvalue weighted by molar-refractivity contribution is -0.137. The smallest absolute Gasteiger partial charge is 0.292 e. The van der Waals surface area contributed by atoms with E-state index < -0.39 is 11.7 Å². The Morgan fingerprint density at radius 2 is 1.81 bits per heavy atom. The van der Waals surface area contributed by atoms with Crippen LogP contribution in [0.15, 0.2) is 53.3 Å². The van der Waals surface area contributed by atoms with E-state index in [-0.39, 0.29) is 12.1 Å². The van der Waals surface area contributed by atoms with Gasteiger partial charge in [0, 0.05) is 19.6 Å². The molecule has 0 atom stereocenters. The maximum Gasteiger partial charge on any atom is 0.416 e. The Hall–Kier alpha value is -3.44. The van der Waals surface area contributed by atoms with Crippen molar-refractivity contribution in [3.8, 4) is 6.07 Å². The molecule has 0 aliphatic carbocycles. The summed E-state index contributed by atoms with van der Waals surface area (Å²) in [5.74, 6) is 0.525. The molecule has 158 valence electrons. The van der Waals surface area contributed by atoms with Crippen LogP contribution in [0, 0.1) is 18.3 Å². The van der Waals surface area contributed by atoms with Crippen LogP contribution < -0.4 is 5.56 Å². The molecule has 3 aromatic rings. The zero-order valence-electron chi connectivity index (χ0n) is 16.8. The molecule has 1 aromatic heterocycles. The van der Waals surface area contributed by atoms with Gasteiger partial charge in [-0.2, -0.15) is 18.4 Å². The van der Waals surface area contributed by atoms with Gasteiger partial charge in [-0.3, -0.25) is 14.3 Å². The van der Waals surface area contributed by atoms with Crippen LogP contribution in [0.3, 0.4) is 0 Å². The molecule has 2 heterocycles. The Labute approximate surface area is 177 Å². The second-order valence-electron chi connectivity index (χ2n) is 7.63. The minimum Gasteiger partial charge on any atom is -0.292 e. The van der Waals surface area contributed by atoms with Crippen LogP contribution in [0.25, 0.3) is 0 Å². The molecule has 0 N–H and O–H groups in total. The summed E-state index contributed by atoms with van der Waals surface area (Å²) in [6.07, 6.45) is -4.39. The summed E-state index contributed by atoms with van der Waals surface area (Å²) in [6.45, 7) is 3.44. The quantitative estimate of drug-likeness (QED) is 0.635. The highest BCUT2D eigenvalue weighted by Crippen LogP contribution is 2.29. The third-order valence-corrected chi connectivity index (χ3v) is 5.38. The van der Waals surface area contributed by atoms with Crippen LogP contribution in [-0.2, 0) is 32.4 Å². The van der Waals surface area contributed by atoms with E-state index in [0.29, 0.717) is 42.1 Å². The first-order valence-corrected chi connectivity index (χ1v) is 9.71. The molecule has 0 saturated heterocycles. The number of hydrogen-bond donors (Lipinski definition) is 0. The van der Waals surface area contributed by atoms with Crippen LogP contribution in [0.5, 0.6) is 0 Å². The molecule has 0 saturated carbocycles. The van der Waals surface area contributed by atoms with Crippen LogP contribution in [0.4, 0.5) is 13.2 Å². The second-order valence-corrected chi connectivity index (χ2v) is 7.63. The van der Waals surface area contributed by atoms with Gasteiger partial charge in [0.1, 0.15) is 5.82 Å². The topological polar surface area (TPSA) is 61.9 Å². The molecule has 5 nitrogen and oxygen atoms in total. The van der Waals surface area contributed by atoms with E-state index in [1.54, 1.807) is 13.0 Å². The number of nitrogens with zero attached hydrogens (tertiary/aromatic N) is 4. The van der Waals surface area contributed by atoms with Crippen molar-refractivity contribution >= 4 is 0 Å². The van der Waals surface area contributed by atoms with Crippen LogP contribution >= 0.6 is 0 Å². The highest BCUT2D eigenvalue weighted by Gasteiger charge is 2.30. The van der Waals surface area contributed by atoms with Crippen LogP contribution in [0.1, 0.15) is 39.3 Å². The van der Waals surface area contributed by atoms with Gasteiger partial charge >= 0.3 is 6.18 Å². The molecule has 0 fully saturated rings. The average molecular weight is 424 g/mol. The van der Waals surface area contributed by atoms with E-state index in [9.17, 15) is 18.0 Å². The lowest BCUT2D eigenvalue weighted by Crippen LogP contribution is -2.28. The molecule has 0 spiro atoms. The van der Waals surface area contributed by atoms with Crippen LogP contribution in [0.2, 0.25) is 0 Å². The van der Waals surface area contributed by atoms with E-state index in [1.165, 1.54) is 16.7 Å². The normalized spacial score (nSPS) is 13.8. The van der Waals surface area contributed by atoms with Gasteiger partial charge in [0.05, 0.1) is 35.0 Å². The summed E-state index contributed by atoms with van der Waals surface area (Å²) >= 11 is 0. The van der Waals surface area contributed by atoms with E-state index in [4.69, 9.17) is 5.26 Å². The second kappa shape index (κ2) is 8.00. The number of halogens is 3. The molecule has 4 rings (SSSR count). The first-order chi connectivity index (χ1) is 14.7. The van der Waals surface area contributed by atoms with Gasteiger partial charge in [0.15, 0.2) is 0 Å². The molecule has 31 heavy (non-hydrogen) atoms. The van der Waals surface area contributed by atoms with Gasteiger partial charge in [-0.05, 0) is 42.3 Å². The highest BCUT2D eigenvalue weighted by atomic mass is 19.4. The molecule has 0 bridgehead atoms. The first-order valence-electron chi connectivity index (χ1n) is 9.71. The van der Waals surface area contributed by atoms with Gasteiger partial charge in [-0.15, -0.1) is 0 Å². The third kappa shape index (κ3) is 4.37. The summed E-state index contributed by atoms with van der Waals surface area (Å²) in [6, 6.07) is 14.3. The number of alkyl halides is 3. The molecule has 8 heteroatoms. The minimum atomic E-state index is -4.39. The number of aromatic nitrogens is 2. The van der Waals surface area contributed by atoms with Gasteiger partial charge in [-0.1, -0.05) is 24.3 Å². The fraction of sp³-hybridized carbons (Fsp3) is 0.261. The first kappa shape index (κ1) is 20.8. The predicted molar refractivity (Wildman–Crippen MR) is 108 cm³/mol. The van der Waals surface area contributed by atoms with E-state index in [2.05, 4.69) is 16.0 Å². The standard InChI is InChI=1S/C23H19F3N4O/c1-15-28-21-14-29(11-18-4-2-3-17(9-18)10-27)13-20(21)22(31)30(15)12-16-5-7-19(8-6-16)23(24,25)26/h2-9H,11-14H2,1H3. The van der Waals surface area contributed by atoms with Crippen molar-refractivity contribution in [2.75, 3.05) is 0 Å². The summed E-state index contributed by atoms with van der Waals surface area (Å²) in [5.41, 5.74) is 2.61. The van der Waals surface area contributed by atoms with Crippen molar-refractivity contribution in [1.29, 1.82) is 5.26 Å². The Kier molecular flexibility index (Phi) is 5.38. The van der Waals surface area contributed by atoms with Crippen molar-refractivity contribution in [2.45, 2.75) is 39.3 Å². The monoisotopic (exact) mass is 424 g/mol. The molecule has 1 aliphatic heterocycles. The summed E-state index contributed by atoms with van der Waals surface area (Å²) in [5, 5.41) is 9.07. The molecule has 0 unspecified atom stereocenters. The third-order valence-electron chi connectivity index (χ3n) is 5.38. The summed E-state index contributed by atoms with van der Waals surface area (Å²) in [4.78, 5) is 19.7. The number of hydrogen-bond acceptors (Lipinski definition) is 4. The zero-order valence-corrected chi connectivity index (χ0v) is 16.8. The SMILES string of the molecule is Cc1nc2c(c(=O)n1Cc1ccc(C(F)(F)F)cc1)CN(Cc1cccc(C#N)c1)C2. The van der Waals surface area contributed by atoms with Crippen molar-refractivity contribution in [3.05, 3.63) is 98.2 Å². The number of fused-ring (bicyclic) bond motifs is 1. The molecule has 0 amide bonds. The Balaban J connectivity index is 1.54. The summed E-state index contributed by atoms with van der Waals surface area (Å²) < 4.78 is 39.8. The largest absolute Gasteiger partial charge is 0.416 e. The fourth-order valence-corrected chi connectivity index (χ4v) is 3.81. The van der Waals surface area contributed by atoms with Crippen molar-refractivity contribution in [1.82, 2.24) is 14.5 Å². The van der Waals surface area contributed by atoms with Gasteiger partial charge in [0.25, 0.3) is 5.56 Å². The maximum absolute atomic E-state index is 13.1. The lowest BCUT2D eigenvalue weighted by Gasteiger charge is -2.14. The summed E-state index contributed by atoms with van der Waals surface area (Å²) in [7, 11) is 0. The minimum absolute atomic E-state index is 0.160. The average Bonchev–Trinajstić information content (AvgIpc) is 3.13. The highest BCUT2D eigenvalue weighted by molar-refractivity contribution is 5.33. The number of benzene rings is 2.